The third-order valence-electron chi connectivity index (χ3n) is 8.07. The fraction of sp³-hybridized carbons (Fsp3) is 0.436. The first-order valence-corrected chi connectivity index (χ1v) is 15.2. The Hall–Kier alpha value is -3.26. The number of nitrogens with zero attached hydrogens (tertiary/aromatic N) is 1. The topological polar surface area (TPSA) is 15.3 Å². The van der Waals surface area contributed by atoms with E-state index in [0.717, 1.165) is 11.4 Å². The molecule has 3 aromatic carbocycles. The molecule has 3 aromatic rings. The van der Waals surface area contributed by atoms with Gasteiger partial charge in [-0.1, -0.05) is 144 Å². The maximum Gasteiger partial charge on any atom is 0.0958 e. The van der Waals surface area contributed by atoms with E-state index in [4.69, 9.17) is 0 Å². The number of para-hydroxylation sites is 1. The van der Waals surface area contributed by atoms with Crippen LogP contribution >= 0.6 is 0 Å². The van der Waals surface area contributed by atoms with Gasteiger partial charge in [-0.25, -0.2) is 0 Å². The van der Waals surface area contributed by atoms with E-state index in [0.29, 0.717) is 0 Å². The lowest BCUT2D eigenvalue weighted by Gasteiger charge is -2.31. The minimum absolute atomic E-state index is 0.0644. The van der Waals surface area contributed by atoms with Crippen LogP contribution in [0.15, 0.2) is 84.6 Å². The molecule has 0 aromatic heterocycles. The quantitative estimate of drug-likeness (QED) is 0.349. The molecule has 0 spiro atoms. The average Bonchev–Trinajstić information content (AvgIpc) is 3.30. The van der Waals surface area contributed by atoms with Crippen molar-refractivity contribution in [1.29, 1.82) is 0 Å². The normalized spacial score (nSPS) is 16.7. The lowest BCUT2D eigenvalue weighted by atomic mass is 9.79. The van der Waals surface area contributed by atoms with E-state index in [-0.39, 0.29) is 27.7 Å². The molecule has 41 heavy (non-hydrogen) atoms. The zero-order valence-corrected chi connectivity index (χ0v) is 27.6. The first-order chi connectivity index (χ1) is 18.8. The summed E-state index contributed by atoms with van der Waals surface area (Å²) in [5.41, 5.74) is 14.4. The standard InChI is InChI=1S/C39H52N2/c1-36(2,3)29-20-27(21-30(24-29)37(4,5)6)18-19-33-26-35(41(40-33)34-16-14-13-15-17-34)28-22-31(38(7,8)9)25-32(23-28)39(10,11)12/h13-26,35,40H,1-12H3. The Kier molecular flexibility index (Phi) is 8.13. The van der Waals surface area contributed by atoms with Gasteiger partial charge < -0.3 is 0 Å². The molecule has 1 atom stereocenters. The molecule has 0 bridgehead atoms. The smallest absolute Gasteiger partial charge is 0.0958 e. The third kappa shape index (κ3) is 7.34. The summed E-state index contributed by atoms with van der Waals surface area (Å²) in [6.07, 6.45) is 6.87. The summed E-state index contributed by atoms with van der Waals surface area (Å²) in [6.45, 7) is 27.6. The van der Waals surface area contributed by atoms with Crippen LogP contribution in [-0.2, 0) is 21.7 Å². The molecule has 0 fully saturated rings. The maximum absolute atomic E-state index is 3.74. The summed E-state index contributed by atoms with van der Waals surface area (Å²) in [6, 6.07) is 25.0. The zero-order valence-electron chi connectivity index (χ0n) is 27.6. The highest BCUT2D eigenvalue weighted by atomic mass is 15.5. The van der Waals surface area contributed by atoms with Gasteiger partial charge in [-0.05, 0) is 79.3 Å². The van der Waals surface area contributed by atoms with Crippen LogP contribution in [0.5, 0.6) is 0 Å². The Balaban J connectivity index is 1.80. The Morgan fingerprint density at radius 3 is 1.44 bits per heavy atom. The van der Waals surface area contributed by atoms with Crippen LogP contribution in [0, 0.1) is 0 Å². The van der Waals surface area contributed by atoms with Crippen molar-refractivity contribution in [3.05, 3.63) is 118 Å². The highest BCUT2D eigenvalue weighted by Gasteiger charge is 2.29. The van der Waals surface area contributed by atoms with Gasteiger partial charge in [0, 0.05) is 0 Å². The van der Waals surface area contributed by atoms with Crippen LogP contribution in [0.25, 0.3) is 6.08 Å². The van der Waals surface area contributed by atoms with Crippen LogP contribution in [0.4, 0.5) is 5.69 Å². The second kappa shape index (κ2) is 10.9. The van der Waals surface area contributed by atoms with Gasteiger partial charge in [0.05, 0.1) is 17.4 Å². The predicted octanol–water partition coefficient (Wildman–Crippen LogP) is 10.5. The molecule has 4 rings (SSSR count). The monoisotopic (exact) mass is 548 g/mol. The average molecular weight is 549 g/mol. The molecule has 0 aliphatic carbocycles. The summed E-state index contributed by atoms with van der Waals surface area (Å²) in [5.74, 6) is 0. The lowest BCUT2D eigenvalue weighted by molar-refractivity contribution is 0.564. The van der Waals surface area contributed by atoms with Crippen molar-refractivity contribution in [2.24, 2.45) is 0 Å². The maximum atomic E-state index is 3.74. The Bertz CT molecular complexity index is 1360. The van der Waals surface area contributed by atoms with Gasteiger partial charge in [-0.3, -0.25) is 10.4 Å². The van der Waals surface area contributed by atoms with E-state index < -0.39 is 0 Å². The number of hydrazine groups is 1. The number of anilines is 1. The van der Waals surface area contributed by atoms with Crippen molar-refractivity contribution >= 4 is 11.8 Å². The van der Waals surface area contributed by atoms with Crippen LogP contribution in [0.1, 0.15) is 123 Å². The molecule has 1 N–H and O–H groups in total. The van der Waals surface area contributed by atoms with Crippen molar-refractivity contribution in [1.82, 2.24) is 5.43 Å². The van der Waals surface area contributed by atoms with Gasteiger partial charge in [0.2, 0.25) is 0 Å². The summed E-state index contributed by atoms with van der Waals surface area (Å²) in [7, 11) is 0. The van der Waals surface area contributed by atoms with Crippen molar-refractivity contribution < 1.29 is 0 Å². The highest BCUT2D eigenvalue weighted by Crippen LogP contribution is 2.38. The fourth-order valence-electron chi connectivity index (χ4n) is 5.13. The molecule has 0 saturated carbocycles. The van der Waals surface area contributed by atoms with Crippen LogP contribution in [0.3, 0.4) is 0 Å². The van der Waals surface area contributed by atoms with Gasteiger partial charge in [0.15, 0.2) is 0 Å². The molecule has 1 aliphatic heterocycles. The third-order valence-corrected chi connectivity index (χ3v) is 8.07. The Morgan fingerprint density at radius 1 is 0.561 bits per heavy atom. The Labute approximate surface area is 250 Å². The summed E-state index contributed by atoms with van der Waals surface area (Å²) < 4.78 is 0. The van der Waals surface area contributed by atoms with E-state index in [1.165, 1.54) is 33.4 Å². The molecule has 2 heteroatoms. The van der Waals surface area contributed by atoms with Crippen molar-refractivity contribution in [2.45, 2.75) is 111 Å². The van der Waals surface area contributed by atoms with Gasteiger partial charge in [0.1, 0.15) is 0 Å². The molecule has 1 heterocycles. The van der Waals surface area contributed by atoms with Crippen LogP contribution < -0.4 is 10.4 Å². The fourth-order valence-corrected chi connectivity index (χ4v) is 5.13. The van der Waals surface area contributed by atoms with E-state index >= 15 is 0 Å². The van der Waals surface area contributed by atoms with Gasteiger partial charge in [-0.15, -0.1) is 0 Å². The van der Waals surface area contributed by atoms with E-state index in [1.54, 1.807) is 0 Å². The largest absolute Gasteiger partial charge is 0.298 e. The summed E-state index contributed by atoms with van der Waals surface area (Å²) in [5, 5.41) is 2.31. The van der Waals surface area contributed by atoms with E-state index in [2.05, 4.69) is 178 Å². The molecule has 0 amide bonds. The van der Waals surface area contributed by atoms with Gasteiger partial charge >= 0.3 is 0 Å². The number of benzene rings is 3. The predicted molar refractivity (Wildman–Crippen MR) is 180 cm³/mol. The molecular formula is C39H52N2. The SMILES string of the molecule is CC(C)(C)c1cc(C=CC2=CC(c3cc(C(C)(C)C)cc(C(C)(C)C)c3)N(c3ccccc3)N2)cc(C(C)(C)C)c1. The minimum Gasteiger partial charge on any atom is -0.298 e. The molecule has 1 aliphatic rings. The number of rotatable bonds is 4. The Morgan fingerprint density at radius 2 is 1.00 bits per heavy atom. The molecule has 2 nitrogen and oxygen atoms in total. The molecular weight excluding hydrogens is 496 g/mol. The van der Waals surface area contributed by atoms with Crippen molar-refractivity contribution in [3.63, 3.8) is 0 Å². The first-order valence-electron chi connectivity index (χ1n) is 15.2. The van der Waals surface area contributed by atoms with Crippen molar-refractivity contribution in [3.8, 4) is 0 Å². The summed E-state index contributed by atoms with van der Waals surface area (Å²) in [4.78, 5) is 0. The van der Waals surface area contributed by atoms with E-state index in [1.807, 2.05) is 0 Å². The number of hydrogen-bond donors (Lipinski definition) is 1. The molecule has 0 saturated heterocycles. The second-order valence-electron chi connectivity index (χ2n) is 15.9. The number of allylic oxidation sites excluding steroid dienone is 1. The van der Waals surface area contributed by atoms with Crippen molar-refractivity contribution in [2.75, 3.05) is 5.01 Å². The van der Waals surface area contributed by atoms with Crippen LogP contribution in [0.2, 0.25) is 0 Å². The molecule has 0 radical (unpaired) electrons. The van der Waals surface area contributed by atoms with Crippen LogP contribution in [-0.4, -0.2) is 0 Å². The molecule has 218 valence electrons. The molecule has 1 unspecified atom stereocenters. The second-order valence-corrected chi connectivity index (χ2v) is 15.9. The van der Waals surface area contributed by atoms with E-state index in [9.17, 15) is 0 Å². The minimum atomic E-state index is 0.0644. The first kappa shape index (κ1) is 30.7. The number of nitrogens with one attached hydrogen (secondary N) is 1. The number of hydrogen-bond acceptors (Lipinski definition) is 2. The highest BCUT2D eigenvalue weighted by molar-refractivity contribution is 5.60. The van der Waals surface area contributed by atoms with Gasteiger partial charge in [0.25, 0.3) is 0 Å². The summed E-state index contributed by atoms with van der Waals surface area (Å²) >= 11 is 0. The lowest BCUT2D eigenvalue weighted by Crippen LogP contribution is -2.34. The zero-order chi connectivity index (χ0) is 30.4. The van der Waals surface area contributed by atoms with Gasteiger partial charge in [-0.2, -0.15) is 0 Å².